The minimum atomic E-state index is -0.0659. The van der Waals surface area contributed by atoms with E-state index in [-0.39, 0.29) is 12.1 Å². The molecule has 0 saturated heterocycles. The van der Waals surface area contributed by atoms with Gasteiger partial charge in [-0.3, -0.25) is 0 Å². The van der Waals surface area contributed by atoms with Crippen LogP contribution >= 0.6 is 11.8 Å². The van der Waals surface area contributed by atoms with Crippen LogP contribution in [0.2, 0.25) is 0 Å². The van der Waals surface area contributed by atoms with Crippen LogP contribution in [0.15, 0.2) is 168 Å². The van der Waals surface area contributed by atoms with Gasteiger partial charge in [0, 0.05) is 54.1 Å². The summed E-state index contributed by atoms with van der Waals surface area (Å²) >= 11 is 1.98. The van der Waals surface area contributed by atoms with Gasteiger partial charge in [0.1, 0.15) is 0 Å². The minimum absolute atomic E-state index is 0.0629. The Morgan fingerprint density at radius 3 is 1.45 bits per heavy atom. The third-order valence-electron chi connectivity index (χ3n) is 15.3. The maximum atomic E-state index is 2.79. The van der Waals surface area contributed by atoms with Crippen LogP contribution in [0.25, 0.3) is 55.0 Å². The predicted molar refractivity (Wildman–Crippen MR) is 300 cm³/mol. The molecule has 0 N–H and O–H groups in total. The summed E-state index contributed by atoms with van der Waals surface area (Å²) < 4.78 is 4.99. The number of benzene rings is 8. The van der Waals surface area contributed by atoms with Gasteiger partial charge in [0.2, 0.25) is 6.71 Å². The van der Waals surface area contributed by atoms with Crippen LogP contribution in [-0.4, -0.2) is 15.8 Å². The van der Waals surface area contributed by atoms with E-state index in [0.29, 0.717) is 0 Å². The highest BCUT2D eigenvalue weighted by Gasteiger charge is 2.43. The summed E-state index contributed by atoms with van der Waals surface area (Å²) in [6, 6.07) is 60.9. The number of aryl methyl sites for hydroxylation is 3. The molecule has 0 bridgehead atoms. The first-order valence-electron chi connectivity index (χ1n) is 25.8. The van der Waals surface area contributed by atoms with Crippen molar-refractivity contribution in [3.05, 3.63) is 180 Å². The third kappa shape index (κ3) is 7.25. The van der Waals surface area contributed by atoms with Crippen molar-refractivity contribution in [3.8, 4) is 11.4 Å². The first kappa shape index (κ1) is 43.8. The van der Waals surface area contributed by atoms with E-state index in [4.69, 9.17) is 0 Å². The lowest BCUT2D eigenvalue weighted by atomic mass is 9.34. The molecule has 0 spiro atoms. The largest absolute Gasteiger partial charge is 0.311 e. The highest BCUT2D eigenvalue weighted by Crippen LogP contribution is 2.48. The number of hydrogen-bond donors (Lipinski definition) is 0. The summed E-state index contributed by atoms with van der Waals surface area (Å²) in [6.45, 7) is 14.3. The number of nitrogens with zero attached hydrogens (tertiary/aromatic N) is 3. The molecule has 0 amide bonds. The Morgan fingerprint density at radius 2 is 0.942 bits per heavy atom. The van der Waals surface area contributed by atoms with Crippen LogP contribution in [0.1, 0.15) is 102 Å². The number of fused-ring (bicyclic) bond motifs is 10. The number of rotatable bonds is 12. The van der Waals surface area contributed by atoms with Crippen molar-refractivity contribution in [2.45, 2.75) is 115 Å². The molecule has 0 radical (unpaired) electrons. The number of hydrogen-bond acceptors (Lipinski definition) is 2. The monoisotopic (exact) mass is 915 g/mol. The molecule has 8 aromatic carbocycles. The quantitative estimate of drug-likeness (QED) is 0.113. The van der Waals surface area contributed by atoms with Crippen LogP contribution < -0.4 is 21.3 Å². The summed E-state index contributed by atoms with van der Waals surface area (Å²) in [7, 11) is 0. The Hall–Kier alpha value is -6.43. The lowest BCUT2D eigenvalue weighted by molar-refractivity contribution is 0.589. The van der Waals surface area contributed by atoms with E-state index in [0.717, 1.165) is 19.3 Å². The molecule has 2 aliphatic heterocycles. The molecule has 5 heteroatoms. The standard InChI is InChI=1S/C64H62BN3S/c1-7-10-21-42-36-43(22-11-8-2)63(44(37-42)23-12-9-3)68-58-40-46(66-54-28-17-13-24-48(54)49-25-14-18-29-55(49)66)32-34-52(58)65-53-35-33-47(67-56-30-19-15-26-50(56)51-27-16-20-31-57(51)67)41-60(53)69-61-39-45(64(4,5)6)38-59(68)62(61)65/h13-20,24-41H,7-12,21-23H2,1-6H3. The molecular weight excluding hydrogens is 854 g/mol. The Labute approximate surface area is 413 Å². The predicted octanol–water partition coefficient (Wildman–Crippen LogP) is 16.0. The molecule has 2 aliphatic rings. The van der Waals surface area contributed by atoms with Crippen molar-refractivity contribution in [2.75, 3.05) is 4.90 Å². The van der Waals surface area contributed by atoms with Crippen LogP contribution in [0, 0.1) is 0 Å². The molecule has 69 heavy (non-hydrogen) atoms. The zero-order valence-electron chi connectivity index (χ0n) is 41.2. The van der Waals surface area contributed by atoms with E-state index in [1.807, 2.05) is 11.8 Å². The van der Waals surface area contributed by atoms with Gasteiger partial charge in [-0.05, 0) is 138 Å². The minimum Gasteiger partial charge on any atom is -0.311 e. The number of anilines is 3. The third-order valence-corrected chi connectivity index (χ3v) is 16.4. The summed E-state index contributed by atoms with van der Waals surface area (Å²) in [5.74, 6) is 0. The second kappa shape index (κ2) is 17.5. The Morgan fingerprint density at radius 1 is 0.464 bits per heavy atom. The summed E-state index contributed by atoms with van der Waals surface area (Å²) in [6.07, 6.45) is 10.3. The van der Waals surface area contributed by atoms with Gasteiger partial charge < -0.3 is 14.0 Å². The first-order chi connectivity index (χ1) is 33.7. The Balaban J connectivity index is 1.16. The molecule has 10 aromatic rings. The van der Waals surface area contributed by atoms with E-state index in [2.05, 4.69) is 213 Å². The van der Waals surface area contributed by atoms with Gasteiger partial charge >= 0.3 is 0 Å². The number of para-hydroxylation sites is 4. The van der Waals surface area contributed by atoms with E-state index in [1.165, 1.54) is 159 Å². The van der Waals surface area contributed by atoms with Gasteiger partial charge in [0.15, 0.2) is 0 Å². The normalized spacial score (nSPS) is 13.2. The van der Waals surface area contributed by atoms with Crippen LogP contribution in [0.3, 0.4) is 0 Å². The van der Waals surface area contributed by atoms with E-state index in [9.17, 15) is 0 Å². The molecule has 12 rings (SSSR count). The van der Waals surface area contributed by atoms with Gasteiger partial charge in [-0.25, -0.2) is 0 Å². The average molecular weight is 916 g/mol. The van der Waals surface area contributed by atoms with Crippen molar-refractivity contribution in [1.29, 1.82) is 0 Å². The fourth-order valence-electron chi connectivity index (χ4n) is 11.8. The van der Waals surface area contributed by atoms with Gasteiger partial charge in [0.05, 0.1) is 27.8 Å². The molecule has 0 aliphatic carbocycles. The smallest absolute Gasteiger partial charge is 0.249 e. The van der Waals surface area contributed by atoms with E-state index >= 15 is 0 Å². The molecule has 0 saturated carbocycles. The van der Waals surface area contributed by atoms with Gasteiger partial charge in [-0.2, -0.15) is 0 Å². The van der Waals surface area contributed by atoms with Crippen molar-refractivity contribution < 1.29 is 0 Å². The first-order valence-corrected chi connectivity index (χ1v) is 26.6. The number of unbranched alkanes of at least 4 members (excludes halogenated alkanes) is 3. The van der Waals surface area contributed by atoms with E-state index in [1.54, 1.807) is 0 Å². The highest BCUT2D eigenvalue weighted by atomic mass is 32.2. The molecule has 0 unspecified atom stereocenters. The maximum absolute atomic E-state index is 2.79. The zero-order valence-corrected chi connectivity index (χ0v) is 42.0. The van der Waals surface area contributed by atoms with Crippen molar-refractivity contribution in [3.63, 3.8) is 0 Å². The molecule has 2 aromatic heterocycles. The van der Waals surface area contributed by atoms with Gasteiger partial charge in [0.25, 0.3) is 0 Å². The molecule has 0 atom stereocenters. The van der Waals surface area contributed by atoms with Crippen LogP contribution in [-0.2, 0) is 24.7 Å². The lowest BCUT2D eigenvalue weighted by Gasteiger charge is -2.43. The molecule has 4 heterocycles. The maximum Gasteiger partial charge on any atom is 0.249 e. The van der Waals surface area contributed by atoms with Crippen molar-refractivity contribution >= 4 is 95.5 Å². The topological polar surface area (TPSA) is 13.1 Å². The van der Waals surface area contributed by atoms with E-state index < -0.39 is 0 Å². The fraction of sp³-hybridized carbons (Fsp3) is 0.250. The van der Waals surface area contributed by atoms with Crippen LogP contribution in [0.5, 0.6) is 0 Å². The highest BCUT2D eigenvalue weighted by molar-refractivity contribution is 8.00. The Bertz CT molecular complexity index is 3490. The Kier molecular flexibility index (Phi) is 11.1. The molecule has 342 valence electrons. The second-order valence-electron chi connectivity index (χ2n) is 20.8. The van der Waals surface area contributed by atoms with Crippen LogP contribution in [0.4, 0.5) is 17.1 Å². The number of aromatic nitrogens is 2. The average Bonchev–Trinajstić information content (AvgIpc) is 3.89. The van der Waals surface area contributed by atoms with Gasteiger partial charge in [-0.15, -0.1) is 0 Å². The molecule has 3 nitrogen and oxygen atoms in total. The summed E-state index contributed by atoms with van der Waals surface area (Å²) in [5.41, 5.74) is 21.4. The summed E-state index contributed by atoms with van der Waals surface area (Å²) in [5, 5.41) is 5.16. The summed E-state index contributed by atoms with van der Waals surface area (Å²) in [4.78, 5) is 5.50. The zero-order chi connectivity index (χ0) is 47.0. The molecular formula is C64H62BN3S. The fourth-order valence-corrected chi connectivity index (χ4v) is 13.1. The second-order valence-corrected chi connectivity index (χ2v) is 21.9. The van der Waals surface area contributed by atoms with Gasteiger partial charge in [-0.1, -0.05) is 175 Å². The lowest BCUT2D eigenvalue weighted by Crippen LogP contribution is -2.60. The van der Waals surface area contributed by atoms with Crippen molar-refractivity contribution in [2.24, 2.45) is 0 Å². The SMILES string of the molecule is CCCCc1cc(CCCC)c(N2c3cc(-n4c5ccccc5c5ccccc54)ccc3B3c4ccc(-n5c6ccccc6c6ccccc65)cc4Sc4cc(C(C)(C)C)cc2c43)c(CCCC)c1. The molecule has 0 fully saturated rings. The van der Waals surface area contributed by atoms with Crippen molar-refractivity contribution in [1.82, 2.24) is 9.13 Å².